The summed E-state index contributed by atoms with van der Waals surface area (Å²) in [5.74, 6) is -0.653. The van der Waals surface area contributed by atoms with Crippen molar-refractivity contribution in [3.8, 4) is 0 Å². The van der Waals surface area contributed by atoms with Gasteiger partial charge < -0.3 is 0 Å². The van der Waals surface area contributed by atoms with Gasteiger partial charge in [-0.05, 0) is 23.3 Å². The van der Waals surface area contributed by atoms with Crippen molar-refractivity contribution in [3.05, 3.63) is 70.8 Å². The van der Waals surface area contributed by atoms with Crippen molar-refractivity contribution in [1.29, 1.82) is 0 Å². The number of rotatable bonds is 4. The first-order valence-corrected chi connectivity index (χ1v) is 7.49. The fraction of sp³-hybridized carbons (Fsp3) is 0.111. The van der Waals surface area contributed by atoms with Crippen LogP contribution >= 0.6 is 12.2 Å². The molecule has 0 unspecified atom stereocenters. The van der Waals surface area contributed by atoms with E-state index in [0.29, 0.717) is 17.5 Å². The third-order valence-electron chi connectivity index (χ3n) is 3.45. The third kappa shape index (κ3) is 4.29. The molecule has 24 heavy (non-hydrogen) atoms. The average molecular weight is 339 g/mol. The molecule has 0 aliphatic carbocycles. The highest BCUT2D eigenvalue weighted by atomic mass is 32.1. The van der Waals surface area contributed by atoms with Gasteiger partial charge in [0.1, 0.15) is 0 Å². The van der Waals surface area contributed by atoms with Gasteiger partial charge in [0.15, 0.2) is 0 Å². The summed E-state index contributed by atoms with van der Waals surface area (Å²) in [6, 6.07) is 15.3. The number of carbonyl (C=O) groups is 2. The second-order valence-electron chi connectivity index (χ2n) is 5.12. The molecule has 2 aromatic rings. The zero-order valence-electron chi connectivity index (χ0n) is 12.6. The first-order chi connectivity index (χ1) is 11.5. The minimum Gasteiger partial charge on any atom is -0.288 e. The van der Waals surface area contributed by atoms with Crippen LogP contribution in [0.25, 0.3) is 0 Å². The van der Waals surface area contributed by atoms with Crippen LogP contribution in [0.1, 0.15) is 31.8 Å². The van der Waals surface area contributed by atoms with Crippen molar-refractivity contribution in [2.45, 2.75) is 12.8 Å². The Hall–Kier alpha value is -2.95. The van der Waals surface area contributed by atoms with E-state index in [4.69, 9.17) is 21.8 Å². The standard InChI is InChI=1S/C17H13NO2S.CO2/c19-16-14-7-6-12(10-15(14)17(20)18-16)9-13(21)8-11-4-2-1-3-5-11;2-1-3/h1-7,10H,8-9H2,(H,18,19,20);. The lowest BCUT2D eigenvalue weighted by Crippen LogP contribution is -2.19. The zero-order valence-corrected chi connectivity index (χ0v) is 13.4. The average Bonchev–Trinajstić information content (AvgIpc) is 2.83. The fourth-order valence-electron chi connectivity index (χ4n) is 2.44. The van der Waals surface area contributed by atoms with E-state index in [0.717, 1.165) is 16.8 Å². The zero-order chi connectivity index (χ0) is 17.5. The number of hydrogen-bond donors (Lipinski definition) is 1. The minimum absolute atomic E-state index is 0.250. The number of thiocarbonyl (C=S) groups is 1. The van der Waals surface area contributed by atoms with Crippen molar-refractivity contribution in [3.63, 3.8) is 0 Å². The number of fused-ring (bicyclic) bond motifs is 1. The van der Waals surface area contributed by atoms with E-state index in [2.05, 4.69) is 5.32 Å². The van der Waals surface area contributed by atoms with Crippen LogP contribution in [-0.2, 0) is 22.4 Å². The fourth-order valence-corrected chi connectivity index (χ4v) is 2.77. The van der Waals surface area contributed by atoms with Gasteiger partial charge in [-0.25, -0.2) is 0 Å². The van der Waals surface area contributed by atoms with E-state index >= 15 is 0 Å². The second-order valence-corrected chi connectivity index (χ2v) is 5.70. The van der Waals surface area contributed by atoms with Gasteiger partial charge in [0.25, 0.3) is 11.8 Å². The Morgan fingerprint density at radius 3 is 2.12 bits per heavy atom. The molecule has 120 valence electrons. The SMILES string of the molecule is O=C1NC(=O)c2cc(CC(=S)Cc3ccccc3)ccc21.O=C=O. The predicted molar refractivity (Wildman–Crippen MR) is 89.7 cm³/mol. The van der Waals surface area contributed by atoms with Gasteiger partial charge in [0.2, 0.25) is 0 Å². The number of benzene rings is 2. The monoisotopic (exact) mass is 339 g/mol. The molecule has 1 N–H and O–H groups in total. The maximum absolute atomic E-state index is 11.6. The predicted octanol–water partition coefficient (Wildman–Crippen LogP) is 2.14. The lowest BCUT2D eigenvalue weighted by atomic mass is 10.00. The van der Waals surface area contributed by atoms with E-state index in [-0.39, 0.29) is 18.0 Å². The Labute approximate surface area is 143 Å². The molecular formula is C18H13NO4S. The molecule has 1 aliphatic heterocycles. The highest BCUT2D eigenvalue weighted by Crippen LogP contribution is 2.18. The van der Waals surface area contributed by atoms with Crippen LogP contribution in [0.2, 0.25) is 0 Å². The van der Waals surface area contributed by atoms with Gasteiger partial charge in [-0.2, -0.15) is 9.59 Å². The number of hydrogen-bond acceptors (Lipinski definition) is 5. The van der Waals surface area contributed by atoms with Crippen LogP contribution in [0, 0.1) is 0 Å². The number of nitrogens with one attached hydrogen (secondary N) is 1. The lowest BCUT2D eigenvalue weighted by molar-refractivity contribution is -0.191. The van der Waals surface area contributed by atoms with Crippen LogP contribution in [0.15, 0.2) is 48.5 Å². The summed E-state index contributed by atoms with van der Waals surface area (Å²) < 4.78 is 0. The second kappa shape index (κ2) is 8.06. The third-order valence-corrected chi connectivity index (χ3v) is 3.73. The van der Waals surface area contributed by atoms with E-state index in [9.17, 15) is 9.59 Å². The van der Waals surface area contributed by atoms with Gasteiger partial charge in [0.05, 0.1) is 11.1 Å². The van der Waals surface area contributed by atoms with Crippen LogP contribution in [0.3, 0.4) is 0 Å². The largest absolute Gasteiger partial charge is 0.373 e. The van der Waals surface area contributed by atoms with E-state index in [1.165, 1.54) is 5.56 Å². The molecule has 0 spiro atoms. The molecule has 0 atom stereocenters. The lowest BCUT2D eigenvalue weighted by Gasteiger charge is -2.05. The Morgan fingerprint density at radius 2 is 1.46 bits per heavy atom. The minimum atomic E-state index is -0.328. The molecule has 5 nitrogen and oxygen atoms in total. The molecule has 2 amide bonds. The van der Waals surface area contributed by atoms with Crippen LogP contribution in [-0.4, -0.2) is 22.8 Å². The molecule has 0 radical (unpaired) electrons. The van der Waals surface area contributed by atoms with Gasteiger partial charge in [-0.3, -0.25) is 14.9 Å². The molecule has 2 aromatic carbocycles. The maximum Gasteiger partial charge on any atom is 0.373 e. The van der Waals surface area contributed by atoms with Crippen molar-refractivity contribution in [2.75, 3.05) is 0 Å². The maximum atomic E-state index is 11.6. The molecule has 0 saturated carbocycles. The van der Waals surface area contributed by atoms with Crippen LogP contribution in [0.4, 0.5) is 0 Å². The smallest absolute Gasteiger partial charge is 0.288 e. The summed E-state index contributed by atoms with van der Waals surface area (Å²) in [6.45, 7) is 0. The Kier molecular flexibility index (Phi) is 5.84. The van der Waals surface area contributed by atoms with Gasteiger partial charge in [-0.15, -0.1) is 0 Å². The summed E-state index contributed by atoms with van der Waals surface area (Å²) in [5.41, 5.74) is 3.02. The van der Waals surface area contributed by atoms with Gasteiger partial charge in [-0.1, -0.05) is 48.6 Å². The normalized spacial score (nSPS) is 11.7. The van der Waals surface area contributed by atoms with E-state index in [1.807, 2.05) is 36.4 Å². The van der Waals surface area contributed by atoms with E-state index < -0.39 is 0 Å². The molecule has 6 heteroatoms. The molecule has 0 bridgehead atoms. The summed E-state index contributed by atoms with van der Waals surface area (Å²) in [7, 11) is 0. The number of imide groups is 1. The molecule has 0 fully saturated rings. The number of carbonyl (C=O) groups excluding carboxylic acids is 4. The topological polar surface area (TPSA) is 80.3 Å². The summed E-state index contributed by atoms with van der Waals surface area (Å²) in [4.78, 5) is 40.3. The quantitative estimate of drug-likeness (QED) is 0.682. The van der Waals surface area contributed by atoms with Crippen LogP contribution in [0.5, 0.6) is 0 Å². The highest BCUT2D eigenvalue weighted by Gasteiger charge is 2.26. The van der Waals surface area contributed by atoms with Crippen molar-refractivity contribution in [2.24, 2.45) is 0 Å². The van der Waals surface area contributed by atoms with Crippen molar-refractivity contribution >= 4 is 35.0 Å². The van der Waals surface area contributed by atoms with Crippen molar-refractivity contribution < 1.29 is 19.2 Å². The van der Waals surface area contributed by atoms with E-state index in [1.54, 1.807) is 12.1 Å². The summed E-state index contributed by atoms with van der Waals surface area (Å²) >= 11 is 5.43. The molecule has 0 aromatic heterocycles. The molecular weight excluding hydrogens is 326 g/mol. The van der Waals surface area contributed by atoms with Crippen molar-refractivity contribution in [1.82, 2.24) is 5.32 Å². The van der Waals surface area contributed by atoms with Gasteiger partial charge in [0, 0.05) is 17.7 Å². The molecule has 1 aliphatic rings. The Balaban J connectivity index is 0.000000647. The summed E-state index contributed by atoms with van der Waals surface area (Å²) in [5, 5.41) is 2.29. The molecule has 0 saturated heterocycles. The first-order valence-electron chi connectivity index (χ1n) is 7.08. The Bertz CT molecular complexity index is 824. The molecule has 1 heterocycles. The Morgan fingerprint density at radius 1 is 0.875 bits per heavy atom. The highest BCUT2D eigenvalue weighted by molar-refractivity contribution is 7.80. The van der Waals surface area contributed by atoms with Crippen LogP contribution < -0.4 is 5.32 Å². The first kappa shape index (κ1) is 17.4. The number of amides is 2. The van der Waals surface area contributed by atoms with Gasteiger partial charge >= 0.3 is 6.15 Å². The summed E-state index contributed by atoms with van der Waals surface area (Å²) in [6.07, 6.45) is 1.61. The molecule has 3 rings (SSSR count).